The van der Waals surface area contributed by atoms with Gasteiger partial charge < -0.3 is 9.64 Å². The van der Waals surface area contributed by atoms with Crippen molar-refractivity contribution < 1.29 is 14.3 Å². The Morgan fingerprint density at radius 2 is 2.00 bits per heavy atom. The van der Waals surface area contributed by atoms with Crippen LogP contribution in [0.1, 0.15) is 54.3 Å². The van der Waals surface area contributed by atoms with Crippen LogP contribution in [0.4, 0.5) is 0 Å². The molecule has 0 unspecified atom stereocenters. The molecule has 29 heavy (non-hydrogen) atoms. The van der Waals surface area contributed by atoms with E-state index in [0.29, 0.717) is 26.6 Å². The zero-order valence-corrected chi connectivity index (χ0v) is 17.8. The number of aryl methyl sites for hydroxylation is 1. The molecule has 0 radical (unpaired) electrons. The lowest BCUT2D eigenvalue weighted by Crippen LogP contribution is -2.46. The lowest BCUT2D eigenvalue weighted by molar-refractivity contribution is -0.135. The van der Waals surface area contributed by atoms with Gasteiger partial charge in [-0.25, -0.2) is 9.78 Å². The SMILES string of the molecule is CCOC(=O)c1sc2ncn(CC(=O)N3CC[C@@H]4CCCC[C@@H]4C3)c(=O)c2c1C. The van der Waals surface area contributed by atoms with Crippen molar-refractivity contribution in [1.29, 1.82) is 0 Å². The highest BCUT2D eigenvalue weighted by atomic mass is 32.1. The molecule has 2 aromatic heterocycles. The number of carbonyl (C=O) groups is 2. The third-order valence-electron chi connectivity index (χ3n) is 6.33. The van der Waals surface area contributed by atoms with Crippen molar-refractivity contribution in [2.24, 2.45) is 11.8 Å². The molecule has 1 amide bonds. The van der Waals surface area contributed by atoms with E-state index in [2.05, 4.69) is 4.98 Å². The van der Waals surface area contributed by atoms with Gasteiger partial charge in [-0.05, 0) is 44.1 Å². The molecule has 156 valence electrons. The van der Waals surface area contributed by atoms with Crippen molar-refractivity contribution in [2.75, 3.05) is 19.7 Å². The average molecular weight is 418 g/mol. The molecule has 2 aromatic rings. The summed E-state index contributed by atoms with van der Waals surface area (Å²) in [5.41, 5.74) is 0.297. The van der Waals surface area contributed by atoms with Gasteiger partial charge >= 0.3 is 5.97 Å². The largest absolute Gasteiger partial charge is 0.462 e. The van der Waals surface area contributed by atoms with Crippen molar-refractivity contribution in [3.8, 4) is 0 Å². The maximum Gasteiger partial charge on any atom is 0.348 e. The smallest absolute Gasteiger partial charge is 0.348 e. The van der Waals surface area contributed by atoms with E-state index in [1.807, 2.05) is 4.90 Å². The molecule has 0 bridgehead atoms. The summed E-state index contributed by atoms with van der Waals surface area (Å²) in [6.45, 7) is 5.31. The maximum atomic E-state index is 13.0. The standard InChI is InChI=1S/C21H27N3O4S/c1-3-28-21(27)18-13(2)17-19(29-18)22-12-24(20(17)26)11-16(25)23-9-8-14-6-4-5-7-15(14)10-23/h12,14-15H,3-11H2,1-2H3/t14-,15+/m0/s1. The van der Waals surface area contributed by atoms with Gasteiger partial charge in [0.25, 0.3) is 5.56 Å². The van der Waals surface area contributed by atoms with Crippen molar-refractivity contribution in [2.45, 2.75) is 52.5 Å². The maximum absolute atomic E-state index is 13.0. The van der Waals surface area contributed by atoms with Crippen LogP contribution in [0.15, 0.2) is 11.1 Å². The van der Waals surface area contributed by atoms with Crippen LogP contribution < -0.4 is 5.56 Å². The highest BCUT2D eigenvalue weighted by Crippen LogP contribution is 2.36. The Balaban J connectivity index is 1.54. The number of fused-ring (bicyclic) bond motifs is 2. The molecule has 3 heterocycles. The fourth-order valence-corrected chi connectivity index (χ4v) is 5.77. The Hall–Kier alpha value is -2.22. The molecular formula is C21H27N3O4S. The number of carbonyl (C=O) groups excluding carboxylic acids is 2. The number of esters is 1. The summed E-state index contributed by atoms with van der Waals surface area (Å²) in [5.74, 6) is 0.884. The van der Waals surface area contributed by atoms with E-state index in [1.165, 1.54) is 36.6 Å². The summed E-state index contributed by atoms with van der Waals surface area (Å²) in [6, 6.07) is 0. The van der Waals surface area contributed by atoms with E-state index >= 15 is 0 Å². The van der Waals surface area contributed by atoms with Gasteiger partial charge in [-0.1, -0.05) is 19.3 Å². The summed E-state index contributed by atoms with van der Waals surface area (Å²) in [6.07, 6.45) is 7.53. The van der Waals surface area contributed by atoms with Crippen LogP contribution >= 0.6 is 11.3 Å². The number of rotatable bonds is 4. The van der Waals surface area contributed by atoms with Gasteiger partial charge in [-0.15, -0.1) is 11.3 Å². The molecule has 4 rings (SSSR count). The predicted octanol–water partition coefficient (Wildman–Crippen LogP) is 2.98. The molecule has 0 N–H and O–H groups in total. The summed E-state index contributed by atoms with van der Waals surface area (Å²) in [4.78, 5) is 45.1. The zero-order chi connectivity index (χ0) is 20.5. The molecule has 1 saturated carbocycles. The second-order valence-electron chi connectivity index (χ2n) is 8.07. The molecule has 7 nitrogen and oxygen atoms in total. The van der Waals surface area contributed by atoms with Crippen LogP contribution in [-0.4, -0.2) is 46.0 Å². The number of ether oxygens (including phenoxy) is 1. The van der Waals surface area contributed by atoms with Gasteiger partial charge in [-0.3, -0.25) is 14.2 Å². The number of likely N-dealkylation sites (tertiary alicyclic amines) is 1. The first-order valence-electron chi connectivity index (χ1n) is 10.4. The normalized spacial score (nSPS) is 21.8. The first-order chi connectivity index (χ1) is 14.0. The van der Waals surface area contributed by atoms with Crippen molar-refractivity contribution in [3.05, 3.63) is 27.1 Å². The Morgan fingerprint density at radius 3 is 2.76 bits per heavy atom. The molecule has 1 aliphatic carbocycles. The Labute approximate surface area is 173 Å². The quantitative estimate of drug-likeness (QED) is 0.715. The van der Waals surface area contributed by atoms with Gasteiger partial charge in [0.05, 0.1) is 18.3 Å². The van der Waals surface area contributed by atoms with E-state index in [4.69, 9.17) is 4.74 Å². The van der Waals surface area contributed by atoms with E-state index in [9.17, 15) is 14.4 Å². The number of thiophene rings is 1. The van der Waals surface area contributed by atoms with E-state index in [0.717, 1.165) is 36.8 Å². The topological polar surface area (TPSA) is 81.5 Å². The van der Waals surface area contributed by atoms with Crippen LogP contribution in [0.5, 0.6) is 0 Å². The minimum atomic E-state index is -0.439. The second kappa shape index (κ2) is 8.26. The molecule has 8 heteroatoms. The van der Waals surface area contributed by atoms with Crippen LogP contribution in [-0.2, 0) is 16.1 Å². The van der Waals surface area contributed by atoms with Gasteiger partial charge in [0.2, 0.25) is 5.91 Å². The van der Waals surface area contributed by atoms with Gasteiger partial charge in [0.15, 0.2) is 0 Å². The first kappa shape index (κ1) is 20.1. The van der Waals surface area contributed by atoms with Crippen LogP contribution in [0.2, 0.25) is 0 Å². The van der Waals surface area contributed by atoms with Gasteiger partial charge in [0, 0.05) is 13.1 Å². The van der Waals surface area contributed by atoms with Crippen molar-refractivity contribution in [3.63, 3.8) is 0 Å². The molecule has 2 atom stereocenters. The number of hydrogen-bond acceptors (Lipinski definition) is 6. The summed E-state index contributed by atoms with van der Waals surface area (Å²) >= 11 is 1.16. The summed E-state index contributed by atoms with van der Waals surface area (Å²) in [5, 5.41) is 0.402. The van der Waals surface area contributed by atoms with E-state index < -0.39 is 5.97 Å². The molecule has 2 aliphatic rings. The second-order valence-corrected chi connectivity index (χ2v) is 9.07. The summed E-state index contributed by atoms with van der Waals surface area (Å²) in [7, 11) is 0. The molecule has 0 aromatic carbocycles. The van der Waals surface area contributed by atoms with Gasteiger partial charge in [0.1, 0.15) is 16.3 Å². The monoisotopic (exact) mass is 417 g/mol. The Kier molecular flexibility index (Phi) is 5.72. The number of aromatic nitrogens is 2. The Bertz CT molecular complexity index is 996. The van der Waals surface area contributed by atoms with E-state index in [1.54, 1.807) is 13.8 Å². The zero-order valence-electron chi connectivity index (χ0n) is 17.0. The van der Waals surface area contributed by atoms with Crippen LogP contribution in [0.3, 0.4) is 0 Å². The number of piperidine rings is 1. The lowest BCUT2D eigenvalue weighted by Gasteiger charge is -2.41. The molecule has 2 fully saturated rings. The third kappa shape index (κ3) is 3.82. The highest BCUT2D eigenvalue weighted by molar-refractivity contribution is 7.20. The Morgan fingerprint density at radius 1 is 1.24 bits per heavy atom. The van der Waals surface area contributed by atoms with Gasteiger partial charge in [-0.2, -0.15) is 0 Å². The minimum absolute atomic E-state index is 0.0107. The fraction of sp³-hybridized carbons (Fsp3) is 0.619. The summed E-state index contributed by atoms with van der Waals surface area (Å²) < 4.78 is 6.44. The number of amides is 1. The third-order valence-corrected chi connectivity index (χ3v) is 7.51. The average Bonchev–Trinajstić information content (AvgIpc) is 3.07. The highest BCUT2D eigenvalue weighted by Gasteiger charge is 2.33. The van der Waals surface area contributed by atoms with Crippen LogP contribution in [0, 0.1) is 18.8 Å². The van der Waals surface area contributed by atoms with E-state index in [-0.39, 0.29) is 24.6 Å². The molecule has 1 saturated heterocycles. The van der Waals surface area contributed by atoms with Crippen LogP contribution in [0.25, 0.3) is 10.2 Å². The van der Waals surface area contributed by atoms with Crippen molar-refractivity contribution >= 4 is 33.4 Å². The first-order valence-corrected chi connectivity index (χ1v) is 11.2. The lowest BCUT2D eigenvalue weighted by atomic mass is 9.75. The molecular weight excluding hydrogens is 390 g/mol. The fourth-order valence-electron chi connectivity index (χ4n) is 4.74. The minimum Gasteiger partial charge on any atom is -0.462 e. The molecule has 1 aliphatic heterocycles. The molecule has 0 spiro atoms. The van der Waals surface area contributed by atoms with Crippen molar-refractivity contribution in [1.82, 2.24) is 14.5 Å². The predicted molar refractivity (Wildman–Crippen MR) is 111 cm³/mol. The number of hydrogen-bond donors (Lipinski definition) is 0. The number of nitrogens with zero attached hydrogens (tertiary/aromatic N) is 3.